The van der Waals surface area contributed by atoms with E-state index in [2.05, 4.69) is 15.3 Å². The Labute approximate surface area is 155 Å². The Morgan fingerprint density at radius 2 is 1.96 bits per heavy atom. The third-order valence-corrected chi connectivity index (χ3v) is 6.36. The molecule has 0 saturated carbocycles. The molecule has 1 aromatic heterocycles. The highest BCUT2D eigenvalue weighted by molar-refractivity contribution is 5.75. The average Bonchev–Trinajstić information content (AvgIpc) is 2.67. The van der Waals surface area contributed by atoms with Gasteiger partial charge < -0.3 is 10.2 Å². The number of aryl methyl sites for hydroxylation is 2. The van der Waals surface area contributed by atoms with Crippen molar-refractivity contribution in [3.63, 3.8) is 0 Å². The van der Waals surface area contributed by atoms with E-state index < -0.39 is 0 Å². The predicted molar refractivity (Wildman–Crippen MR) is 100 cm³/mol. The molecule has 2 aliphatic heterocycles. The van der Waals surface area contributed by atoms with E-state index in [9.17, 15) is 9.59 Å². The van der Waals surface area contributed by atoms with E-state index in [0.717, 1.165) is 43.5 Å². The first kappa shape index (κ1) is 17.7. The molecule has 0 unspecified atom stereocenters. The summed E-state index contributed by atoms with van der Waals surface area (Å²) in [4.78, 5) is 27.3. The van der Waals surface area contributed by atoms with Gasteiger partial charge in [-0.15, -0.1) is 0 Å². The molecule has 142 valence electrons. The van der Waals surface area contributed by atoms with E-state index in [-0.39, 0.29) is 18.0 Å². The van der Waals surface area contributed by atoms with Crippen molar-refractivity contribution in [1.82, 2.24) is 20.0 Å². The molecular formula is C20H30N4O2. The lowest BCUT2D eigenvalue weighted by Gasteiger charge is -2.44. The monoisotopic (exact) mass is 358 g/mol. The number of carbonyl (C=O) groups is 1. The van der Waals surface area contributed by atoms with Crippen LogP contribution in [0.25, 0.3) is 0 Å². The maximum absolute atomic E-state index is 12.4. The molecule has 1 amide bonds. The lowest BCUT2D eigenvalue weighted by Crippen LogP contribution is -2.51. The fourth-order valence-electron chi connectivity index (χ4n) is 4.97. The minimum atomic E-state index is -0.156. The minimum absolute atomic E-state index is 0.0349. The summed E-state index contributed by atoms with van der Waals surface area (Å²) >= 11 is 0. The molecule has 1 N–H and O–H groups in total. The molecule has 0 aromatic carbocycles. The molecule has 1 aromatic rings. The molecule has 4 rings (SSSR count). The number of piperidine rings is 2. The van der Waals surface area contributed by atoms with E-state index in [1.807, 2.05) is 0 Å². The number of carbonyl (C=O) groups excluding carboxylic acids is 1. The van der Waals surface area contributed by atoms with Gasteiger partial charge in [-0.25, -0.2) is 4.68 Å². The first-order valence-electron chi connectivity index (χ1n) is 10.3. The molecule has 2 fully saturated rings. The minimum Gasteiger partial charge on any atom is -0.354 e. The Balaban J connectivity index is 1.35. The second-order valence-electron chi connectivity index (χ2n) is 8.12. The highest BCUT2D eigenvalue weighted by atomic mass is 16.2. The summed E-state index contributed by atoms with van der Waals surface area (Å²) in [6.07, 6.45) is 10.4. The summed E-state index contributed by atoms with van der Waals surface area (Å²) in [5.41, 5.74) is 1.91. The van der Waals surface area contributed by atoms with Gasteiger partial charge >= 0.3 is 0 Å². The number of hydrogen-bond donors (Lipinski definition) is 1. The molecule has 3 heterocycles. The zero-order valence-corrected chi connectivity index (χ0v) is 15.6. The molecule has 0 bridgehead atoms. The van der Waals surface area contributed by atoms with Crippen LogP contribution in [-0.2, 0) is 24.2 Å². The molecular weight excluding hydrogens is 328 g/mol. The molecule has 2 saturated heterocycles. The highest BCUT2D eigenvalue weighted by Gasteiger charge is 2.32. The van der Waals surface area contributed by atoms with Gasteiger partial charge in [-0.3, -0.25) is 9.59 Å². The number of fused-ring (bicyclic) bond motifs is 2. The Morgan fingerprint density at radius 3 is 2.88 bits per heavy atom. The zero-order chi connectivity index (χ0) is 17.9. The molecule has 2 atom stereocenters. The van der Waals surface area contributed by atoms with Gasteiger partial charge in [0.1, 0.15) is 6.54 Å². The summed E-state index contributed by atoms with van der Waals surface area (Å²) in [5.74, 6) is 0.449. The highest BCUT2D eigenvalue weighted by Crippen LogP contribution is 2.30. The van der Waals surface area contributed by atoms with Crippen molar-refractivity contribution in [2.24, 2.45) is 5.92 Å². The largest absolute Gasteiger partial charge is 0.354 e. The van der Waals surface area contributed by atoms with Gasteiger partial charge in [0.05, 0.1) is 5.69 Å². The van der Waals surface area contributed by atoms with Gasteiger partial charge in [0, 0.05) is 18.7 Å². The summed E-state index contributed by atoms with van der Waals surface area (Å²) in [5, 5.41) is 7.52. The van der Waals surface area contributed by atoms with E-state index >= 15 is 0 Å². The molecule has 0 radical (unpaired) electrons. The quantitative estimate of drug-likeness (QED) is 0.886. The Bertz CT molecular complexity index is 712. The van der Waals surface area contributed by atoms with Crippen LogP contribution in [0.5, 0.6) is 0 Å². The maximum atomic E-state index is 12.4. The second-order valence-corrected chi connectivity index (χ2v) is 8.12. The van der Waals surface area contributed by atoms with Crippen molar-refractivity contribution in [3.05, 3.63) is 27.7 Å². The molecule has 0 spiro atoms. The fraction of sp³-hybridized carbons (Fsp3) is 0.750. The second kappa shape index (κ2) is 7.91. The number of rotatable bonds is 4. The lowest BCUT2D eigenvalue weighted by molar-refractivity contribution is -0.122. The number of aromatic nitrogens is 2. The fourth-order valence-corrected chi connectivity index (χ4v) is 4.97. The van der Waals surface area contributed by atoms with Crippen molar-refractivity contribution < 1.29 is 4.79 Å². The van der Waals surface area contributed by atoms with Crippen molar-refractivity contribution in [3.8, 4) is 0 Å². The Hall–Kier alpha value is -1.69. The van der Waals surface area contributed by atoms with Crippen LogP contribution in [0.3, 0.4) is 0 Å². The van der Waals surface area contributed by atoms with Crippen molar-refractivity contribution in [2.45, 2.75) is 70.4 Å². The molecule has 26 heavy (non-hydrogen) atoms. The summed E-state index contributed by atoms with van der Waals surface area (Å²) in [6.45, 7) is 3.18. The third-order valence-electron chi connectivity index (χ3n) is 6.36. The van der Waals surface area contributed by atoms with Gasteiger partial charge in [0.25, 0.3) is 5.56 Å². The summed E-state index contributed by atoms with van der Waals surface area (Å²) in [6, 6.07) is 2.30. The average molecular weight is 358 g/mol. The van der Waals surface area contributed by atoms with Gasteiger partial charge in [0.15, 0.2) is 0 Å². The topological polar surface area (TPSA) is 67.2 Å². The Morgan fingerprint density at radius 1 is 1.12 bits per heavy atom. The third kappa shape index (κ3) is 3.85. The number of amides is 1. The smallest absolute Gasteiger partial charge is 0.267 e. The van der Waals surface area contributed by atoms with Gasteiger partial charge in [-0.2, -0.15) is 5.10 Å². The first-order valence-corrected chi connectivity index (χ1v) is 10.3. The van der Waals surface area contributed by atoms with E-state index in [1.165, 1.54) is 49.9 Å². The van der Waals surface area contributed by atoms with Crippen LogP contribution < -0.4 is 10.9 Å². The van der Waals surface area contributed by atoms with Gasteiger partial charge in [-0.05, 0) is 75.9 Å². The van der Waals surface area contributed by atoms with Crippen LogP contribution in [0.1, 0.15) is 56.2 Å². The predicted octanol–water partition coefficient (Wildman–Crippen LogP) is 1.50. The number of hydrogen-bond acceptors (Lipinski definition) is 4. The first-order chi connectivity index (χ1) is 12.7. The van der Waals surface area contributed by atoms with Crippen LogP contribution in [0.2, 0.25) is 0 Å². The number of nitrogens with zero attached hydrogens (tertiary/aromatic N) is 3. The standard InChI is InChI=1S/C20H30N4O2/c25-19(14-24-20(26)12-15-6-1-2-8-17(15)22-24)21-13-16-7-5-11-23-10-4-3-9-18(16)23/h12,16,18H,1-11,13-14H2,(H,21,25)/t16-,18-/m1/s1. The molecule has 1 aliphatic carbocycles. The zero-order valence-electron chi connectivity index (χ0n) is 15.6. The molecule has 6 nitrogen and oxygen atoms in total. The normalized spacial score (nSPS) is 26.0. The van der Waals surface area contributed by atoms with Gasteiger partial charge in [0.2, 0.25) is 5.91 Å². The van der Waals surface area contributed by atoms with E-state index in [0.29, 0.717) is 12.0 Å². The van der Waals surface area contributed by atoms with Crippen LogP contribution in [-0.4, -0.2) is 46.3 Å². The van der Waals surface area contributed by atoms with Crippen LogP contribution in [0.15, 0.2) is 10.9 Å². The Kier molecular flexibility index (Phi) is 5.38. The molecule has 3 aliphatic rings. The SMILES string of the molecule is O=C(Cn1nc2c(cc1=O)CCCC2)NC[C@H]1CCCN2CCCC[C@H]12. The number of nitrogens with one attached hydrogen (secondary N) is 1. The lowest BCUT2D eigenvalue weighted by atomic mass is 9.83. The van der Waals surface area contributed by atoms with Crippen molar-refractivity contribution in [1.29, 1.82) is 0 Å². The van der Waals surface area contributed by atoms with E-state index in [1.54, 1.807) is 6.07 Å². The maximum Gasteiger partial charge on any atom is 0.267 e. The van der Waals surface area contributed by atoms with E-state index in [4.69, 9.17) is 0 Å². The van der Waals surface area contributed by atoms with Gasteiger partial charge in [-0.1, -0.05) is 6.42 Å². The van der Waals surface area contributed by atoms with Crippen molar-refractivity contribution >= 4 is 5.91 Å². The van der Waals surface area contributed by atoms with Crippen LogP contribution in [0, 0.1) is 5.92 Å². The van der Waals surface area contributed by atoms with Crippen molar-refractivity contribution in [2.75, 3.05) is 19.6 Å². The molecule has 6 heteroatoms. The summed E-state index contributed by atoms with van der Waals surface area (Å²) < 4.78 is 1.34. The van der Waals surface area contributed by atoms with Crippen LogP contribution in [0.4, 0.5) is 0 Å². The summed E-state index contributed by atoms with van der Waals surface area (Å²) in [7, 11) is 0. The van der Waals surface area contributed by atoms with Crippen LogP contribution >= 0.6 is 0 Å².